The lowest BCUT2D eigenvalue weighted by Gasteiger charge is -2.37. The molecule has 0 spiro atoms. The molecule has 3 aliphatic rings. The molecule has 0 saturated carbocycles. The molecule has 3 saturated heterocycles. The van der Waals surface area contributed by atoms with E-state index in [2.05, 4.69) is 21.0 Å². The third-order valence-electron chi connectivity index (χ3n) is 18.3. The first-order valence-corrected chi connectivity index (χ1v) is 36.5. The van der Waals surface area contributed by atoms with E-state index < -0.39 is 117 Å². The Bertz CT molecular complexity index is 4720. The number of methoxy groups -OCH3 is 2. The number of nitrogens with one attached hydrogen (secondary N) is 3. The normalized spacial score (nSPS) is 21.5. The lowest BCUT2D eigenvalue weighted by Crippen LogP contribution is -2.37. The maximum Gasteiger partial charge on any atom is 0.530 e. The van der Waals surface area contributed by atoms with Gasteiger partial charge in [-0.3, -0.25) is 52.1 Å². The standard InChI is InChI=1S/C72H80Cl2N8O18P2/c1-41(2)82(42(3)4)101(93-32-16-31-75)98-57-34-62(80-37-44(6)67(84)77-70(80)87)96-60(57)40-94-102(89,99-56-20-15-14-19-55(56)74)100-58-35-63(81-38-45(7)68(85)78-71(81)88)97-65(58)64-46(8)54(73)30-29-52(64)53-33-61(79-36-43(5)66(83)76-69(79)86)95-59(53)39-92-72(47-17-12-11-13-18-47,48-21-25-50(90-9)26-22-48)49-23-27-51(91-10)28-24-49/h11-15,17-30,36-38,41-42,53,57-63,65H,16,32-35,39-40H2,1-10H3,(H,76,83,86)(H,77,84,87)(H,78,85,88)/t53-,57-,58-,59-,60+,61+,62+,63+,65-,101?,102?/m0/s1. The first-order chi connectivity index (χ1) is 48.8. The minimum Gasteiger partial charge on any atom is -0.497 e. The van der Waals surface area contributed by atoms with Crippen LogP contribution in [0.15, 0.2) is 163 Å². The van der Waals surface area contributed by atoms with Gasteiger partial charge in [-0.25, -0.2) is 23.6 Å². The van der Waals surface area contributed by atoms with Gasteiger partial charge in [0, 0.05) is 77.6 Å². The van der Waals surface area contributed by atoms with Gasteiger partial charge in [0.1, 0.15) is 59.8 Å². The lowest BCUT2D eigenvalue weighted by molar-refractivity contribution is -0.0804. The number of halogens is 2. The van der Waals surface area contributed by atoms with Gasteiger partial charge in [-0.2, -0.15) is 5.26 Å². The first kappa shape index (κ1) is 75.1. The van der Waals surface area contributed by atoms with Gasteiger partial charge in [-0.15, -0.1) is 0 Å². The zero-order valence-corrected chi connectivity index (χ0v) is 61.0. The van der Waals surface area contributed by atoms with Gasteiger partial charge in [0.05, 0.1) is 63.8 Å². The van der Waals surface area contributed by atoms with Crippen molar-refractivity contribution in [1.82, 2.24) is 33.3 Å². The number of hydrogen-bond donors (Lipinski definition) is 3. The molecule has 3 aliphatic heterocycles. The third-order valence-corrected chi connectivity index (χ3v) is 22.6. The largest absolute Gasteiger partial charge is 0.530 e. The molecule has 102 heavy (non-hydrogen) atoms. The summed E-state index contributed by atoms with van der Waals surface area (Å²) in [5.41, 5.74) is -1.46. The number of aromatic amines is 3. The predicted molar refractivity (Wildman–Crippen MR) is 381 cm³/mol. The van der Waals surface area contributed by atoms with Crippen LogP contribution < -0.4 is 47.7 Å². The molecule has 3 aromatic heterocycles. The Morgan fingerprint density at radius 3 is 1.66 bits per heavy atom. The first-order valence-electron chi connectivity index (χ1n) is 33.2. The van der Waals surface area contributed by atoms with E-state index in [1.165, 1.54) is 58.3 Å². The van der Waals surface area contributed by atoms with Crippen molar-refractivity contribution in [3.05, 3.63) is 256 Å². The quantitative estimate of drug-likeness (QED) is 0.0233. The molecule has 6 heterocycles. The van der Waals surface area contributed by atoms with E-state index >= 15 is 4.57 Å². The fourth-order valence-electron chi connectivity index (χ4n) is 13.2. The van der Waals surface area contributed by atoms with Gasteiger partial charge in [-0.1, -0.05) is 96.0 Å². The molecule has 26 nitrogen and oxygen atoms in total. The molecule has 11 atom stereocenters. The van der Waals surface area contributed by atoms with Gasteiger partial charge < -0.3 is 42.0 Å². The van der Waals surface area contributed by atoms with E-state index in [0.717, 1.165) is 5.56 Å². The number of aryl methyl sites for hydroxylation is 3. The Balaban J connectivity index is 1.04. The molecule has 3 fully saturated rings. The van der Waals surface area contributed by atoms with E-state index in [1.807, 2.05) is 111 Å². The lowest BCUT2D eigenvalue weighted by atomic mass is 9.79. The monoisotopic (exact) mass is 1480 g/mol. The number of phosphoric ester groups is 1. The van der Waals surface area contributed by atoms with Crippen LogP contribution in [-0.4, -0.2) is 104 Å². The number of aromatic nitrogens is 6. The highest BCUT2D eigenvalue weighted by Gasteiger charge is 2.51. The highest BCUT2D eigenvalue weighted by Crippen LogP contribution is 2.59. The van der Waals surface area contributed by atoms with Crippen molar-refractivity contribution in [3.63, 3.8) is 0 Å². The maximum absolute atomic E-state index is 16.5. The topological polar surface area (TPSA) is 310 Å². The molecule has 30 heteroatoms. The average Bonchev–Trinajstić information content (AvgIpc) is 1.26. The Morgan fingerprint density at radius 2 is 1.13 bits per heavy atom. The van der Waals surface area contributed by atoms with Crippen molar-refractivity contribution in [2.45, 2.75) is 154 Å². The van der Waals surface area contributed by atoms with E-state index in [4.69, 9.17) is 74.2 Å². The summed E-state index contributed by atoms with van der Waals surface area (Å²) in [5, 5.41) is 9.84. The smallest absolute Gasteiger partial charge is 0.497 e. The second-order valence-electron chi connectivity index (χ2n) is 25.6. The number of nitrogens with zero attached hydrogens (tertiary/aromatic N) is 5. The minimum atomic E-state index is -5.19. The SMILES string of the molecule is COc1ccc(C(OC[C@@H]2O[C@@H](n3cc(C)c(=O)[nH]c3=O)C[C@H]2c2ccc(Cl)c(C)c2[C@H]2O[C@@H](n3cc(C)c(=O)[nH]c3=O)C[C@@H]2OP(=O)(OC[C@H]2O[C@@H](n3cc(C)c(=O)[nH]c3=O)C[C@@H]2OP(OCCC#N)N(C(C)C)C(C)C)Oc2ccccc2Cl)(c2ccccc2)c2ccc(OC)cc2)cc1. The number of phosphoric acid groups is 1. The Morgan fingerprint density at radius 1 is 0.627 bits per heavy atom. The molecule has 540 valence electrons. The number of benzene rings is 5. The zero-order chi connectivity index (χ0) is 72.9. The van der Waals surface area contributed by atoms with E-state index in [1.54, 1.807) is 52.3 Å². The molecular weight excluding hydrogens is 1400 g/mol. The van der Waals surface area contributed by atoms with Crippen LogP contribution in [0.1, 0.15) is 134 Å². The van der Waals surface area contributed by atoms with Crippen molar-refractivity contribution in [2.75, 3.05) is 34.0 Å². The van der Waals surface area contributed by atoms with E-state index in [9.17, 15) is 34.0 Å². The Kier molecular flexibility index (Phi) is 23.8. The molecule has 11 rings (SSSR count). The van der Waals surface area contributed by atoms with Gasteiger partial charge in [-0.05, 0) is 131 Å². The molecule has 0 amide bonds. The van der Waals surface area contributed by atoms with E-state index in [-0.39, 0.29) is 83.5 Å². The van der Waals surface area contributed by atoms with Gasteiger partial charge in [0.2, 0.25) is 0 Å². The molecule has 0 aliphatic carbocycles. The van der Waals surface area contributed by atoms with Crippen molar-refractivity contribution in [1.29, 1.82) is 5.26 Å². The van der Waals surface area contributed by atoms with Crippen molar-refractivity contribution in [3.8, 4) is 23.3 Å². The summed E-state index contributed by atoms with van der Waals surface area (Å²) >= 11 is 14.1. The van der Waals surface area contributed by atoms with Crippen LogP contribution in [0, 0.1) is 39.0 Å². The van der Waals surface area contributed by atoms with Crippen LogP contribution in [0.2, 0.25) is 10.0 Å². The Labute approximate surface area is 598 Å². The number of rotatable bonds is 28. The average molecular weight is 1480 g/mol. The minimum absolute atomic E-state index is 0.00944. The van der Waals surface area contributed by atoms with Crippen LogP contribution in [0.25, 0.3) is 0 Å². The van der Waals surface area contributed by atoms with Crippen LogP contribution in [0.5, 0.6) is 17.2 Å². The highest BCUT2D eigenvalue weighted by atomic mass is 35.5. The van der Waals surface area contributed by atoms with Gasteiger partial charge in [0.25, 0.3) is 25.2 Å². The summed E-state index contributed by atoms with van der Waals surface area (Å²) in [6, 6.07) is 36.1. The summed E-state index contributed by atoms with van der Waals surface area (Å²) in [6.45, 7) is 13.4. The number of nitriles is 1. The van der Waals surface area contributed by atoms with Crippen LogP contribution in [0.3, 0.4) is 0 Å². The van der Waals surface area contributed by atoms with Crippen molar-refractivity contribution < 1.29 is 55.6 Å². The summed E-state index contributed by atoms with van der Waals surface area (Å²) < 4.78 is 95.0. The predicted octanol–water partition coefficient (Wildman–Crippen LogP) is 11.8. The second kappa shape index (κ2) is 32.3. The molecule has 3 N–H and O–H groups in total. The summed E-state index contributed by atoms with van der Waals surface area (Å²) in [6.07, 6.45) is -5.51. The summed E-state index contributed by atoms with van der Waals surface area (Å²) in [7, 11) is -4.02. The fraction of sp³-hybridized carbons (Fsp3) is 0.403. The van der Waals surface area contributed by atoms with Crippen molar-refractivity contribution in [2.24, 2.45) is 0 Å². The molecule has 8 aromatic rings. The zero-order valence-electron chi connectivity index (χ0n) is 57.7. The molecular formula is C72H80Cl2N8O18P2. The number of hydrogen-bond acceptors (Lipinski definition) is 20. The number of ether oxygens (including phenoxy) is 6. The van der Waals surface area contributed by atoms with Crippen LogP contribution >= 0.6 is 39.6 Å². The van der Waals surface area contributed by atoms with E-state index in [0.29, 0.717) is 39.3 Å². The fourth-order valence-corrected chi connectivity index (χ4v) is 16.8. The second-order valence-corrected chi connectivity index (χ2v) is 29.4. The van der Waals surface area contributed by atoms with Crippen molar-refractivity contribution >= 4 is 39.6 Å². The number of H-pyrrole nitrogens is 3. The summed E-state index contributed by atoms with van der Waals surface area (Å²) in [4.78, 5) is 87.6. The molecule has 2 unspecified atom stereocenters. The molecule has 5 aromatic carbocycles. The van der Waals surface area contributed by atoms with Gasteiger partial charge in [0.15, 0.2) is 0 Å². The summed E-state index contributed by atoms with van der Waals surface area (Å²) in [5.74, 6) is 0.290. The molecule has 0 radical (unpaired) electrons. The molecule has 0 bridgehead atoms. The third kappa shape index (κ3) is 16.1. The van der Waals surface area contributed by atoms with Gasteiger partial charge >= 0.3 is 24.9 Å². The number of para-hydroxylation sites is 1. The van der Waals surface area contributed by atoms with Crippen LogP contribution in [0.4, 0.5) is 0 Å². The van der Waals surface area contributed by atoms with Crippen LogP contribution in [-0.2, 0) is 47.2 Å². The highest BCUT2D eigenvalue weighted by molar-refractivity contribution is 7.49. The Hall–Kier alpha value is -8.09. The maximum atomic E-state index is 16.5.